The van der Waals surface area contributed by atoms with Gasteiger partial charge in [0.25, 0.3) is 11.8 Å². The summed E-state index contributed by atoms with van der Waals surface area (Å²) in [7, 11) is 0. The van der Waals surface area contributed by atoms with Crippen molar-refractivity contribution in [3.63, 3.8) is 0 Å². The number of aryl methyl sites for hydroxylation is 1. The molecular formula is C23H26N4O4. The van der Waals surface area contributed by atoms with Gasteiger partial charge in [-0.3, -0.25) is 19.8 Å². The summed E-state index contributed by atoms with van der Waals surface area (Å²) in [6, 6.07) is 17.1. The molecular weight excluding hydrogens is 396 g/mol. The number of carbonyl (C=O) groups is 4. The van der Waals surface area contributed by atoms with Gasteiger partial charge in [-0.2, -0.15) is 5.01 Å². The molecule has 0 radical (unpaired) electrons. The summed E-state index contributed by atoms with van der Waals surface area (Å²) in [5.41, 5.74) is 2.79. The fraction of sp³-hybridized carbons (Fsp3) is 0.304. The summed E-state index contributed by atoms with van der Waals surface area (Å²) >= 11 is 0. The van der Waals surface area contributed by atoms with E-state index >= 15 is 0 Å². The van der Waals surface area contributed by atoms with E-state index in [1.54, 1.807) is 44.2 Å². The molecule has 1 aliphatic heterocycles. The van der Waals surface area contributed by atoms with Crippen LogP contribution in [-0.2, 0) is 16.0 Å². The first kappa shape index (κ1) is 22.0. The Hall–Kier alpha value is -3.68. The molecule has 31 heavy (non-hydrogen) atoms. The Bertz CT molecular complexity index is 964. The molecule has 3 rings (SSSR count). The molecule has 3 N–H and O–H groups in total. The number of hydrazine groups is 1. The zero-order valence-corrected chi connectivity index (χ0v) is 17.6. The van der Waals surface area contributed by atoms with Gasteiger partial charge in [-0.15, -0.1) is 0 Å². The summed E-state index contributed by atoms with van der Waals surface area (Å²) in [5, 5.41) is 6.11. The first-order chi connectivity index (χ1) is 14.8. The molecule has 2 atom stereocenters. The Labute approximate surface area is 181 Å². The molecule has 0 spiro atoms. The molecule has 2 aromatic rings. The van der Waals surface area contributed by atoms with Crippen LogP contribution in [0.5, 0.6) is 0 Å². The van der Waals surface area contributed by atoms with Gasteiger partial charge in [0.05, 0.1) is 0 Å². The highest BCUT2D eigenvalue weighted by molar-refractivity contribution is 6.07. The van der Waals surface area contributed by atoms with Crippen molar-refractivity contribution in [3.05, 3.63) is 71.8 Å². The molecule has 5 amide bonds. The van der Waals surface area contributed by atoms with Crippen molar-refractivity contribution < 1.29 is 19.2 Å². The Morgan fingerprint density at radius 2 is 1.65 bits per heavy atom. The Kier molecular flexibility index (Phi) is 6.69. The van der Waals surface area contributed by atoms with Gasteiger partial charge in [0, 0.05) is 18.0 Å². The number of benzene rings is 2. The van der Waals surface area contributed by atoms with Crippen molar-refractivity contribution >= 4 is 23.8 Å². The third-order valence-electron chi connectivity index (χ3n) is 5.16. The average Bonchev–Trinajstić information content (AvgIpc) is 2.97. The lowest BCUT2D eigenvalue weighted by Gasteiger charge is -2.22. The summed E-state index contributed by atoms with van der Waals surface area (Å²) in [6.45, 7) is 3.32. The molecule has 1 heterocycles. The zero-order chi connectivity index (χ0) is 22.4. The molecule has 1 fully saturated rings. The molecule has 0 aliphatic carbocycles. The molecule has 0 bridgehead atoms. The van der Waals surface area contributed by atoms with Gasteiger partial charge < -0.3 is 10.6 Å². The number of nitrogens with one attached hydrogen (secondary N) is 3. The van der Waals surface area contributed by atoms with E-state index in [1.165, 1.54) is 0 Å². The molecule has 162 valence electrons. The summed E-state index contributed by atoms with van der Waals surface area (Å²) in [5.74, 6) is -1.36. The van der Waals surface area contributed by atoms with Crippen LogP contribution in [0.2, 0.25) is 0 Å². The lowest BCUT2D eigenvalue weighted by atomic mass is 9.93. The smallest absolute Gasteiger partial charge is 0.344 e. The van der Waals surface area contributed by atoms with Crippen LogP contribution in [0.3, 0.4) is 0 Å². The first-order valence-corrected chi connectivity index (χ1v) is 10.1. The van der Waals surface area contributed by atoms with Crippen LogP contribution in [0.15, 0.2) is 60.7 Å². The monoisotopic (exact) mass is 422 g/mol. The predicted octanol–water partition coefficient (Wildman–Crippen LogP) is 2.17. The third kappa shape index (κ3) is 5.48. The van der Waals surface area contributed by atoms with Gasteiger partial charge in [-0.05, 0) is 44.4 Å². The minimum absolute atomic E-state index is 0.0869. The highest BCUT2D eigenvalue weighted by Crippen LogP contribution is 2.22. The second-order valence-corrected chi connectivity index (χ2v) is 7.87. The Morgan fingerprint density at radius 3 is 2.29 bits per heavy atom. The molecule has 1 aliphatic rings. The van der Waals surface area contributed by atoms with E-state index < -0.39 is 29.4 Å². The highest BCUT2D eigenvalue weighted by Gasteiger charge is 2.48. The summed E-state index contributed by atoms with van der Waals surface area (Å²) in [4.78, 5) is 49.7. The number of hydrogen-bond donors (Lipinski definition) is 3. The van der Waals surface area contributed by atoms with Gasteiger partial charge in [-0.1, -0.05) is 48.5 Å². The van der Waals surface area contributed by atoms with Crippen molar-refractivity contribution in [2.45, 2.75) is 44.7 Å². The predicted molar refractivity (Wildman–Crippen MR) is 115 cm³/mol. The number of nitrogens with zero attached hydrogens (tertiary/aromatic N) is 1. The number of carbonyl (C=O) groups excluding carboxylic acids is 4. The largest absolute Gasteiger partial charge is 0.349 e. The van der Waals surface area contributed by atoms with E-state index in [1.807, 2.05) is 30.3 Å². The maximum Gasteiger partial charge on any atom is 0.344 e. The lowest BCUT2D eigenvalue weighted by molar-refractivity contribution is -0.139. The molecule has 8 nitrogen and oxygen atoms in total. The highest BCUT2D eigenvalue weighted by atomic mass is 16.2. The van der Waals surface area contributed by atoms with Crippen molar-refractivity contribution in [2.24, 2.45) is 0 Å². The van der Waals surface area contributed by atoms with Crippen molar-refractivity contribution in [1.29, 1.82) is 0 Å². The number of hydrogen-bond acceptors (Lipinski definition) is 4. The molecule has 1 saturated heterocycles. The normalized spacial score (nSPS) is 19.0. The third-order valence-corrected chi connectivity index (χ3v) is 5.16. The maximum absolute atomic E-state index is 12.8. The van der Waals surface area contributed by atoms with Crippen LogP contribution in [0.4, 0.5) is 4.79 Å². The van der Waals surface area contributed by atoms with Crippen molar-refractivity contribution in [2.75, 3.05) is 0 Å². The van der Waals surface area contributed by atoms with E-state index in [4.69, 9.17) is 0 Å². The van der Waals surface area contributed by atoms with Crippen LogP contribution >= 0.6 is 0 Å². The van der Waals surface area contributed by atoms with E-state index in [2.05, 4.69) is 16.1 Å². The number of urea groups is 1. The Balaban J connectivity index is 1.52. The van der Waals surface area contributed by atoms with Crippen LogP contribution in [0.1, 0.15) is 42.6 Å². The van der Waals surface area contributed by atoms with E-state index in [9.17, 15) is 19.2 Å². The van der Waals surface area contributed by atoms with Gasteiger partial charge in [0.1, 0.15) is 5.54 Å². The van der Waals surface area contributed by atoms with Crippen LogP contribution in [0, 0.1) is 0 Å². The van der Waals surface area contributed by atoms with Crippen LogP contribution in [-0.4, -0.2) is 40.3 Å². The van der Waals surface area contributed by atoms with Gasteiger partial charge in [-0.25, -0.2) is 4.79 Å². The summed E-state index contributed by atoms with van der Waals surface area (Å²) in [6.07, 6.45) is 0.918. The molecule has 2 aromatic carbocycles. The first-order valence-electron chi connectivity index (χ1n) is 10.1. The quantitative estimate of drug-likeness (QED) is 0.567. The fourth-order valence-electron chi connectivity index (χ4n) is 3.39. The van der Waals surface area contributed by atoms with Crippen LogP contribution in [0.25, 0.3) is 0 Å². The second kappa shape index (κ2) is 9.42. The van der Waals surface area contributed by atoms with E-state index in [0.29, 0.717) is 18.4 Å². The fourth-order valence-corrected chi connectivity index (χ4v) is 3.39. The van der Waals surface area contributed by atoms with Gasteiger partial charge >= 0.3 is 6.03 Å². The number of amides is 5. The minimum atomic E-state index is -1.10. The lowest BCUT2D eigenvalue weighted by Crippen LogP contribution is -2.50. The standard InChI is InChI=1S/C23H26N4O4/c1-16(24-20(29)18-11-7-4-8-12-18)15-19(28)26-27-21(30)23(2,25-22(27)31)14-13-17-9-5-3-6-10-17/h3-12,16H,13-15H2,1-2H3,(H,24,29)(H,25,31)(H,26,28). The Morgan fingerprint density at radius 1 is 1.03 bits per heavy atom. The molecule has 0 aromatic heterocycles. The van der Waals surface area contributed by atoms with E-state index in [0.717, 1.165) is 10.6 Å². The zero-order valence-electron chi connectivity index (χ0n) is 17.6. The second-order valence-electron chi connectivity index (χ2n) is 7.87. The number of imide groups is 1. The van der Waals surface area contributed by atoms with Crippen molar-refractivity contribution in [3.8, 4) is 0 Å². The SMILES string of the molecule is CC(CC(=O)NN1C(=O)NC(C)(CCc2ccccc2)C1=O)NC(=O)c1ccccc1. The number of rotatable bonds is 8. The molecule has 8 heteroatoms. The van der Waals surface area contributed by atoms with Crippen LogP contribution < -0.4 is 16.1 Å². The molecule has 0 saturated carbocycles. The topological polar surface area (TPSA) is 108 Å². The summed E-state index contributed by atoms with van der Waals surface area (Å²) < 4.78 is 0. The molecule has 2 unspecified atom stereocenters. The van der Waals surface area contributed by atoms with E-state index in [-0.39, 0.29) is 12.3 Å². The average molecular weight is 422 g/mol. The minimum Gasteiger partial charge on any atom is -0.349 e. The van der Waals surface area contributed by atoms with Gasteiger partial charge in [0.2, 0.25) is 5.91 Å². The van der Waals surface area contributed by atoms with Crippen molar-refractivity contribution in [1.82, 2.24) is 21.1 Å². The maximum atomic E-state index is 12.8. The van der Waals surface area contributed by atoms with Gasteiger partial charge in [0.15, 0.2) is 0 Å².